The summed E-state index contributed by atoms with van der Waals surface area (Å²) >= 11 is 0. The van der Waals surface area contributed by atoms with Gasteiger partial charge in [0.2, 0.25) is 5.91 Å². The van der Waals surface area contributed by atoms with Crippen LogP contribution in [0.1, 0.15) is 12.8 Å². The van der Waals surface area contributed by atoms with Crippen LogP contribution in [-0.4, -0.2) is 58.5 Å². The minimum Gasteiger partial charge on any atom is -0.376 e. The molecule has 1 aromatic carbocycles. The summed E-state index contributed by atoms with van der Waals surface area (Å²) < 4.78 is 46.1. The van der Waals surface area contributed by atoms with E-state index in [0.717, 1.165) is 27.5 Å². The number of carbonyl (C=O) groups is 1. The molecule has 1 unspecified atom stereocenters. The Hall–Kier alpha value is -1.71. The lowest BCUT2D eigenvalue weighted by Crippen LogP contribution is -2.47. The van der Waals surface area contributed by atoms with Crippen molar-refractivity contribution >= 4 is 21.8 Å². The van der Waals surface area contributed by atoms with Gasteiger partial charge in [-0.2, -0.15) is 12.7 Å². The van der Waals surface area contributed by atoms with Crippen LogP contribution in [0, 0.1) is 5.82 Å². The second-order valence-corrected chi connectivity index (χ2v) is 7.75. The number of amides is 1. The number of ether oxygens (including phenoxy) is 1. The summed E-state index contributed by atoms with van der Waals surface area (Å²) in [5.41, 5.74) is -0.168. The lowest BCUT2D eigenvalue weighted by atomic mass is 10.2. The molecule has 9 heteroatoms. The lowest BCUT2D eigenvalue weighted by molar-refractivity contribution is -0.120. The standard InChI is InChI=1S/C15H22FN3O4S/c1-18(2)24(21,22)19(14-8-4-3-7-13(14)16)11-15(20)17-10-12-6-5-9-23-12/h3-4,7-8,12H,5-6,9-11H2,1-2H3,(H,17,20). The molecule has 0 radical (unpaired) electrons. The van der Waals surface area contributed by atoms with Crippen LogP contribution in [0.15, 0.2) is 24.3 Å². The number of para-hydroxylation sites is 1. The number of carbonyl (C=O) groups excluding carboxylic acids is 1. The molecule has 1 aliphatic heterocycles. The monoisotopic (exact) mass is 359 g/mol. The zero-order valence-corrected chi connectivity index (χ0v) is 14.6. The summed E-state index contributed by atoms with van der Waals surface area (Å²) in [6.07, 6.45) is 1.74. The van der Waals surface area contributed by atoms with Gasteiger partial charge < -0.3 is 10.1 Å². The molecule has 0 aromatic heterocycles. The smallest absolute Gasteiger partial charge is 0.304 e. The number of rotatable bonds is 7. The van der Waals surface area contributed by atoms with Crippen LogP contribution in [0.2, 0.25) is 0 Å². The number of hydrogen-bond donors (Lipinski definition) is 1. The van der Waals surface area contributed by atoms with Gasteiger partial charge in [-0.1, -0.05) is 12.1 Å². The normalized spacial score (nSPS) is 17.9. The van der Waals surface area contributed by atoms with Crippen LogP contribution in [0.3, 0.4) is 0 Å². The predicted molar refractivity (Wildman–Crippen MR) is 88.3 cm³/mol. The summed E-state index contributed by atoms with van der Waals surface area (Å²) in [5, 5.41) is 2.64. The highest BCUT2D eigenvalue weighted by Crippen LogP contribution is 2.22. The van der Waals surface area contributed by atoms with Crippen LogP contribution in [0.4, 0.5) is 10.1 Å². The first kappa shape index (κ1) is 18.6. The second-order valence-electron chi connectivity index (χ2n) is 5.69. The van der Waals surface area contributed by atoms with Gasteiger partial charge in [-0.3, -0.25) is 4.79 Å². The van der Waals surface area contributed by atoms with Gasteiger partial charge in [0.05, 0.1) is 11.8 Å². The molecular formula is C15H22FN3O4S. The number of nitrogens with one attached hydrogen (secondary N) is 1. The summed E-state index contributed by atoms with van der Waals surface area (Å²) in [5.74, 6) is -1.23. The Morgan fingerprint density at radius 1 is 1.38 bits per heavy atom. The van der Waals surface area contributed by atoms with Gasteiger partial charge in [-0.25, -0.2) is 8.70 Å². The number of hydrogen-bond acceptors (Lipinski definition) is 4. The van der Waals surface area contributed by atoms with Gasteiger partial charge in [0.25, 0.3) is 0 Å². The minimum atomic E-state index is -4.01. The van der Waals surface area contributed by atoms with Crippen molar-refractivity contribution in [2.45, 2.75) is 18.9 Å². The molecule has 0 bridgehead atoms. The molecule has 1 aromatic rings. The van der Waals surface area contributed by atoms with Crippen molar-refractivity contribution in [3.63, 3.8) is 0 Å². The van der Waals surface area contributed by atoms with E-state index in [1.165, 1.54) is 32.3 Å². The molecule has 134 valence electrons. The minimum absolute atomic E-state index is 0.0543. The van der Waals surface area contributed by atoms with Gasteiger partial charge in [0, 0.05) is 27.2 Å². The molecule has 1 aliphatic rings. The SMILES string of the molecule is CN(C)S(=O)(=O)N(CC(=O)NCC1CCCO1)c1ccccc1F. The lowest BCUT2D eigenvalue weighted by Gasteiger charge is -2.27. The molecule has 1 atom stereocenters. The zero-order valence-electron chi connectivity index (χ0n) is 13.7. The first-order chi connectivity index (χ1) is 11.3. The Morgan fingerprint density at radius 2 is 2.08 bits per heavy atom. The summed E-state index contributed by atoms with van der Waals surface area (Å²) in [6, 6.07) is 5.44. The van der Waals surface area contributed by atoms with Crippen molar-refractivity contribution in [2.75, 3.05) is 38.1 Å². The molecular weight excluding hydrogens is 337 g/mol. The molecule has 2 rings (SSSR count). The number of anilines is 1. The van der Waals surface area contributed by atoms with Gasteiger partial charge in [-0.05, 0) is 25.0 Å². The molecule has 24 heavy (non-hydrogen) atoms. The maximum atomic E-state index is 14.0. The van der Waals surface area contributed by atoms with Gasteiger partial charge >= 0.3 is 10.2 Å². The summed E-state index contributed by atoms with van der Waals surface area (Å²) in [4.78, 5) is 12.2. The van der Waals surface area contributed by atoms with Gasteiger partial charge in [0.15, 0.2) is 0 Å². The van der Waals surface area contributed by atoms with E-state index >= 15 is 0 Å². The van der Waals surface area contributed by atoms with E-state index in [1.54, 1.807) is 0 Å². The number of benzene rings is 1. The van der Waals surface area contributed by atoms with Crippen molar-refractivity contribution in [1.82, 2.24) is 9.62 Å². The molecule has 1 saturated heterocycles. The zero-order chi connectivity index (χ0) is 17.7. The maximum Gasteiger partial charge on any atom is 0.304 e. The molecule has 0 saturated carbocycles. The van der Waals surface area contributed by atoms with Gasteiger partial charge in [0.1, 0.15) is 12.4 Å². The third kappa shape index (κ3) is 4.43. The number of nitrogens with zero attached hydrogens (tertiary/aromatic N) is 2. The van der Waals surface area contributed by atoms with Gasteiger partial charge in [-0.15, -0.1) is 0 Å². The summed E-state index contributed by atoms with van der Waals surface area (Å²) in [6.45, 7) is 0.469. The van der Waals surface area contributed by atoms with Crippen molar-refractivity contribution in [3.05, 3.63) is 30.1 Å². The maximum absolute atomic E-state index is 14.0. The molecule has 0 aliphatic carbocycles. The molecule has 1 fully saturated rings. The first-order valence-electron chi connectivity index (χ1n) is 7.65. The van der Waals surface area contributed by atoms with Crippen LogP contribution in [0.5, 0.6) is 0 Å². The highest BCUT2D eigenvalue weighted by Gasteiger charge is 2.29. The van der Waals surface area contributed by atoms with E-state index in [-0.39, 0.29) is 11.8 Å². The summed E-state index contributed by atoms with van der Waals surface area (Å²) in [7, 11) is -1.36. The van der Waals surface area contributed by atoms with E-state index in [4.69, 9.17) is 4.74 Å². The Bertz CT molecular complexity index is 675. The van der Waals surface area contributed by atoms with E-state index in [0.29, 0.717) is 13.2 Å². The molecule has 1 heterocycles. The Kier molecular flexibility index (Phi) is 6.14. The van der Waals surface area contributed by atoms with Crippen molar-refractivity contribution < 1.29 is 22.3 Å². The van der Waals surface area contributed by atoms with Crippen LogP contribution in [0.25, 0.3) is 0 Å². The molecule has 0 spiro atoms. The third-order valence-electron chi connectivity index (χ3n) is 3.70. The van der Waals surface area contributed by atoms with Crippen LogP contribution in [-0.2, 0) is 19.7 Å². The quantitative estimate of drug-likeness (QED) is 0.779. The topological polar surface area (TPSA) is 79.0 Å². The van der Waals surface area contributed by atoms with Crippen LogP contribution >= 0.6 is 0 Å². The van der Waals surface area contributed by atoms with Crippen LogP contribution < -0.4 is 9.62 Å². The third-order valence-corrected chi connectivity index (χ3v) is 5.50. The fourth-order valence-electron chi connectivity index (χ4n) is 2.36. The van der Waals surface area contributed by atoms with E-state index in [9.17, 15) is 17.6 Å². The fraction of sp³-hybridized carbons (Fsp3) is 0.533. The molecule has 7 nitrogen and oxygen atoms in total. The Morgan fingerprint density at radius 3 is 2.67 bits per heavy atom. The largest absolute Gasteiger partial charge is 0.376 e. The Balaban J connectivity index is 2.14. The Labute approximate surface area is 141 Å². The van der Waals surface area contributed by atoms with Crippen molar-refractivity contribution in [3.8, 4) is 0 Å². The van der Waals surface area contributed by atoms with Crippen molar-refractivity contribution in [2.24, 2.45) is 0 Å². The fourth-order valence-corrected chi connectivity index (χ4v) is 3.43. The molecule has 1 amide bonds. The second kappa shape index (κ2) is 7.91. The predicted octanol–water partition coefficient (Wildman–Crippen LogP) is 0.734. The first-order valence-corrected chi connectivity index (χ1v) is 9.05. The highest BCUT2D eigenvalue weighted by molar-refractivity contribution is 7.90. The average Bonchev–Trinajstić information content (AvgIpc) is 3.04. The van der Waals surface area contributed by atoms with E-state index < -0.39 is 28.5 Å². The average molecular weight is 359 g/mol. The highest BCUT2D eigenvalue weighted by atomic mass is 32.2. The van der Waals surface area contributed by atoms with E-state index in [1.807, 2.05) is 0 Å². The number of halogens is 1. The van der Waals surface area contributed by atoms with E-state index in [2.05, 4.69) is 5.32 Å². The molecule has 1 N–H and O–H groups in total. The van der Waals surface area contributed by atoms with Crippen molar-refractivity contribution in [1.29, 1.82) is 0 Å².